The summed E-state index contributed by atoms with van der Waals surface area (Å²) in [6.07, 6.45) is 1.99. The van der Waals surface area contributed by atoms with Gasteiger partial charge in [0.15, 0.2) is 0 Å². The van der Waals surface area contributed by atoms with Crippen molar-refractivity contribution in [2.45, 2.75) is 26.3 Å². The zero-order valence-electron chi connectivity index (χ0n) is 12.4. The fourth-order valence-corrected chi connectivity index (χ4v) is 3.47. The van der Waals surface area contributed by atoms with Crippen LogP contribution in [0.3, 0.4) is 0 Å². The topological polar surface area (TPSA) is 55.6 Å². The molecule has 0 amide bonds. The van der Waals surface area contributed by atoms with Crippen molar-refractivity contribution in [3.8, 4) is 11.8 Å². The summed E-state index contributed by atoms with van der Waals surface area (Å²) >= 11 is 1.70. The van der Waals surface area contributed by atoms with E-state index in [4.69, 9.17) is 10.5 Å². The molecule has 0 radical (unpaired) electrons. The Morgan fingerprint density at radius 1 is 1.57 bits per heavy atom. The number of esters is 1. The zero-order chi connectivity index (χ0) is 15.1. The number of rotatable bonds is 4. The van der Waals surface area contributed by atoms with Gasteiger partial charge in [-0.25, -0.2) is 0 Å². The number of nitrogens with two attached hydrogens (primary N) is 1. The van der Waals surface area contributed by atoms with Gasteiger partial charge >= 0.3 is 5.97 Å². The highest BCUT2D eigenvalue weighted by Gasteiger charge is 2.26. The molecule has 1 saturated heterocycles. The molecule has 1 aliphatic heterocycles. The van der Waals surface area contributed by atoms with E-state index in [-0.39, 0.29) is 11.9 Å². The Balaban J connectivity index is 1.90. The van der Waals surface area contributed by atoms with Crippen molar-refractivity contribution in [1.29, 1.82) is 0 Å². The average molecular weight is 306 g/mol. The van der Waals surface area contributed by atoms with Crippen LogP contribution in [0.1, 0.15) is 29.5 Å². The Hall–Kier alpha value is -1.35. The summed E-state index contributed by atoms with van der Waals surface area (Å²) < 4.78 is 5.14. The van der Waals surface area contributed by atoms with E-state index in [2.05, 4.69) is 22.8 Å². The van der Waals surface area contributed by atoms with E-state index in [1.54, 1.807) is 11.3 Å². The minimum atomic E-state index is -0.0529. The van der Waals surface area contributed by atoms with E-state index in [9.17, 15) is 4.79 Å². The lowest BCUT2D eigenvalue weighted by Gasteiger charge is -2.31. The van der Waals surface area contributed by atoms with Gasteiger partial charge in [-0.15, -0.1) is 11.3 Å². The van der Waals surface area contributed by atoms with Crippen LogP contribution in [0, 0.1) is 17.8 Å². The van der Waals surface area contributed by atoms with Crippen molar-refractivity contribution < 1.29 is 9.53 Å². The summed E-state index contributed by atoms with van der Waals surface area (Å²) in [5.74, 6) is 5.90. The normalized spacial score (nSPS) is 18.9. The van der Waals surface area contributed by atoms with Crippen molar-refractivity contribution >= 4 is 17.3 Å². The third-order valence-electron chi connectivity index (χ3n) is 3.48. The van der Waals surface area contributed by atoms with Crippen LogP contribution in [0.25, 0.3) is 0 Å². The monoisotopic (exact) mass is 306 g/mol. The first-order valence-electron chi connectivity index (χ1n) is 7.39. The summed E-state index contributed by atoms with van der Waals surface area (Å²) in [5.41, 5.74) is 5.38. The fourth-order valence-electron chi connectivity index (χ4n) is 2.54. The molecule has 2 rings (SSSR count). The Morgan fingerprint density at radius 3 is 3.19 bits per heavy atom. The maximum atomic E-state index is 11.8. The van der Waals surface area contributed by atoms with E-state index in [1.807, 2.05) is 13.0 Å². The third-order valence-corrected chi connectivity index (χ3v) is 4.47. The number of likely N-dealkylation sites (tertiary alicyclic amines) is 1. The highest BCUT2D eigenvalue weighted by atomic mass is 32.1. The standard InChI is InChI=1S/C16H22N2O2S/c1-2-20-16(19)13-5-4-10-18(11-13)12-15-8-7-14(21-15)6-3-9-17/h7-8,13H,2,4-5,9-12,17H2,1H3. The first-order valence-corrected chi connectivity index (χ1v) is 8.21. The lowest BCUT2D eigenvalue weighted by Crippen LogP contribution is -2.38. The molecule has 0 aliphatic carbocycles. The van der Waals surface area contributed by atoms with Crippen LogP contribution in [0.4, 0.5) is 0 Å². The molecule has 1 aromatic rings. The molecule has 1 aliphatic rings. The van der Waals surface area contributed by atoms with Crippen molar-refractivity contribution in [2.75, 3.05) is 26.2 Å². The molecular weight excluding hydrogens is 284 g/mol. The lowest BCUT2D eigenvalue weighted by molar-refractivity contribution is -0.150. The van der Waals surface area contributed by atoms with Crippen LogP contribution in [0.5, 0.6) is 0 Å². The maximum Gasteiger partial charge on any atom is 0.310 e. The van der Waals surface area contributed by atoms with Gasteiger partial charge in [-0.1, -0.05) is 11.8 Å². The predicted molar refractivity (Wildman–Crippen MR) is 84.9 cm³/mol. The first kappa shape index (κ1) is 16.0. The molecule has 0 bridgehead atoms. The SMILES string of the molecule is CCOC(=O)C1CCCN(Cc2ccc(C#CCN)s2)C1. The summed E-state index contributed by atoms with van der Waals surface area (Å²) in [7, 11) is 0. The Morgan fingerprint density at radius 2 is 2.43 bits per heavy atom. The number of piperidine rings is 1. The largest absolute Gasteiger partial charge is 0.466 e. The van der Waals surface area contributed by atoms with E-state index in [1.165, 1.54) is 4.88 Å². The second-order valence-corrected chi connectivity index (χ2v) is 6.27. The van der Waals surface area contributed by atoms with Crippen LogP contribution in [-0.4, -0.2) is 37.1 Å². The molecule has 114 valence electrons. The summed E-state index contributed by atoms with van der Waals surface area (Å²) in [5, 5.41) is 0. The van der Waals surface area contributed by atoms with E-state index in [0.717, 1.165) is 37.4 Å². The van der Waals surface area contributed by atoms with Crippen molar-refractivity contribution in [2.24, 2.45) is 11.7 Å². The van der Waals surface area contributed by atoms with Crippen LogP contribution >= 0.6 is 11.3 Å². The van der Waals surface area contributed by atoms with Crippen molar-refractivity contribution in [1.82, 2.24) is 4.90 Å². The van der Waals surface area contributed by atoms with Gasteiger partial charge in [0.2, 0.25) is 0 Å². The van der Waals surface area contributed by atoms with Gasteiger partial charge in [0.25, 0.3) is 0 Å². The first-order chi connectivity index (χ1) is 10.2. The molecule has 1 aromatic heterocycles. The van der Waals surface area contributed by atoms with Crippen molar-refractivity contribution in [3.05, 3.63) is 21.9 Å². The lowest BCUT2D eigenvalue weighted by atomic mass is 9.98. The highest BCUT2D eigenvalue weighted by molar-refractivity contribution is 7.12. The van der Waals surface area contributed by atoms with Gasteiger partial charge in [-0.3, -0.25) is 9.69 Å². The molecule has 2 heterocycles. The van der Waals surface area contributed by atoms with Crippen LogP contribution < -0.4 is 5.73 Å². The number of carbonyl (C=O) groups is 1. The Labute approximate surface area is 130 Å². The number of hydrogen-bond acceptors (Lipinski definition) is 5. The molecule has 1 fully saturated rings. The summed E-state index contributed by atoms with van der Waals surface area (Å²) in [4.78, 5) is 16.5. The smallest absolute Gasteiger partial charge is 0.310 e. The van der Waals surface area contributed by atoms with E-state index in [0.29, 0.717) is 13.2 Å². The molecule has 0 saturated carbocycles. The number of ether oxygens (including phenoxy) is 1. The van der Waals surface area contributed by atoms with Gasteiger partial charge < -0.3 is 10.5 Å². The summed E-state index contributed by atoms with van der Waals surface area (Å²) in [6, 6.07) is 4.15. The molecule has 0 spiro atoms. The van der Waals surface area contributed by atoms with E-state index >= 15 is 0 Å². The van der Waals surface area contributed by atoms with Gasteiger partial charge in [-0.2, -0.15) is 0 Å². The molecule has 5 heteroatoms. The highest BCUT2D eigenvalue weighted by Crippen LogP contribution is 2.23. The Kier molecular flexibility index (Phi) is 6.24. The minimum Gasteiger partial charge on any atom is -0.466 e. The number of carbonyl (C=O) groups excluding carboxylic acids is 1. The molecule has 1 atom stereocenters. The molecule has 1 unspecified atom stereocenters. The quantitative estimate of drug-likeness (QED) is 0.681. The van der Waals surface area contributed by atoms with Gasteiger partial charge in [-0.05, 0) is 38.4 Å². The molecule has 4 nitrogen and oxygen atoms in total. The fraction of sp³-hybridized carbons (Fsp3) is 0.562. The number of thiophene rings is 1. The minimum absolute atomic E-state index is 0.0233. The average Bonchev–Trinajstić information content (AvgIpc) is 2.93. The number of nitrogens with zero attached hydrogens (tertiary/aromatic N) is 1. The summed E-state index contributed by atoms with van der Waals surface area (Å²) in [6.45, 7) is 5.42. The molecule has 21 heavy (non-hydrogen) atoms. The van der Waals surface area contributed by atoms with Crippen LogP contribution in [-0.2, 0) is 16.1 Å². The van der Waals surface area contributed by atoms with E-state index < -0.39 is 0 Å². The predicted octanol–water partition coefficient (Wildman–Crippen LogP) is 1.83. The van der Waals surface area contributed by atoms with Crippen LogP contribution in [0.15, 0.2) is 12.1 Å². The number of hydrogen-bond donors (Lipinski definition) is 1. The molecule has 2 N–H and O–H groups in total. The van der Waals surface area contributed by atoms with Crippen molar-refractivity contribution in [3.63, 3.8) is 0 Å². The van der Waals surface area contributed by atoms with Gasteiger partial charge in [0.1, 0.15) is 0 Å². The second kappa shape index (κ2) is 8.18. The van der Waals surface area contributed by atoms with Crippen LogP contribution in [0.2, 0.25) is 0 Å². The maximum absolute atomic E-state index is 11.8. The zero-order valence-corrected chi connectivity index (χ0v) is 13.2. The molecular formula is C16H22N2O2S. The van der Waals surface area contributed by atoms with Gasteiger partial charge in [0, 0.05) is 18.0 Å². The van der Waals surface area contributed by atoms with Gasteiger partial charge in [0.05, 0.1) is 23.9 Å². The second-order valence-electron chi connectivity index (χ2n) is 5.10. The Bertz CT molecular complexity index is 530. The molecule has 0 aromatic carbocycles. The third kappa shape index (κ3) is 4.85.